The van der Waals surface area contributed by atoms with Gasteiger partial charge in [0.2, 0.25) is 5.88 Å². The van der Waals surface area contributed by atoms with Gasteiger partial charge in [-0.1, -0.05) is 12.5 Å². The highest BCUT2D eigenvalue weighted by atomic mass is 16.5. The summed E-state index contributed by atoms with van der Waals surface area (Å²) < 4.78 is 6.17. The zero-order valence-electron chi connectivity index (χ0n) is 15.4. The van der Waals surface area contributed by atoms with E-state index in [0.29, 0.717) is 18.0 Å². The average molecular weight is 372 g/mol. The zero-order chi connectivity index (χ0) is 19.2. The van der Waals surface area contributed by atoms with E-state index in [9.17, 15) is 14.7 Å². The van der Waals surface area contributed by atoms with Crippen LogP contribution in [0.2, 0.25) is 0 Å². The van der Waals surface area contributed by atoms with Gasteiger partial charge in [-0.15, -0.1) is 0 Å². The monoisotopic (exact) mass is 372 g/mol. The van der Waals surface area contributed by atoms with Gasteiger partial charge in [0.15, 0.2) is 0 Å². The number of hydrogen-bond acceptors (Lipinski definition) is 6. The number of hydrogen-bond donors (Lipinski definition) is 2. The van der Waals surface area contributed by atoms with Gasteiger partial charge >= 0.3 is 5.69 Å². The molecule has 3 rings (SSSR count). The van der Waals surface area contributed by atoms with Gasteiger partial charge < -0.3 is 14.7 Å². The minimum atomic E-state index is -0.726. The minimum absolute atomic E-state index is 0.0453. The Hall–Kier alpha value is -2.87. The van der Waals surface area contributed by atoms with E-state index in [1.807, 2.05) is 0 Å². The van der Waals surface area contributed by atoms with Crippen molar-refractivity contribution in [1.29, 1.82) is 0 Å². The minimum Gasteiger partial charge on any atom is -0.497 e. The van der Waals surface area contributed by atoms with Gasteiger partial charge in [0.1, 0.15) is 11.3 Å². The highest BCUT2D eigenvalue weighted by Gasteiger charge is 2.15. The summed E-state index contributed by atoms with van der Waals surface area (Å²) in [5.41, 5.74) is -1.05. The van der Waals surface area contributed by atoms with Gasteiger partial charge in [0, 0.05) is 18.8 Å². The molecule has 2 N–H and O–H groups in total. The molecule has 0 aliphatic carbocycles. The van der Waals surface area contributed by atoms with Gasteiger partial charge in [-0.3, -0.25) is 14.8 Å². The first-order valence-corrected chi connectivity index (χ1v) is 9.05. The Morgan fingerprint density at radius 2 is 2.04 bits per heavy atom. The first-order valence-electron chi connectivity index (χ1n) is 9.05. The van der Waals surface area contributed by atoms with Crippen LogP contribution in [0.25, 0.3) is 5.69 Å². The van der Waals surface area contributed by atoms with Crippen molar-refractivity contribution in [1.82, 2.24) is 14.5 Å². The molecule has 2 aromatic rings. The van der Waals surface area contributed by atoms with Crippen molar-refractivity contribution in [3.8, 4) is 17.3 Å². The third-order valence-electron chi connectivity index (χ3n) is 4.65. The number of piperidine rings is 1. The number of H-pyrrole nitrogens is 1. The molecular formula is C19H24N4O4. The number of ether oxygens (including phenoxy) is 1. The molecule has 144 valence electrons. The SMILES string of the molecule is COc1cccc(-n2c(O)c(C=NCCN3CCCCC3)c(=O)[nH]c2=O)c1. The van der Waals surface area contributed by atoms with Crippen LogP contribution in [0.5, 0.6) is 11.6 Å². The number of nitrogens with one attached hydrogen (secondary N) is 1. The summed E-state index contributed by atoms with van der Waals surface area (Å²) in [6.45, 7) is 3.48. The van der Waals surface area contributed by atoms with Crippen LogP contribution in [0, 0.1) is 0 Å². The van der Waals surface area contributed by atoms with E-state index in [1.54, 1.807) is 24.3 Å². The Morgan fingerprint density at radius 1 is 1.26 bits per heavy atom. The molecule has 27 heavy (non-hydrogen) atoms. The van der Waals surface area contributed by atoms with Crippen molar-refractivity contribution in [2.24, 2.45) is 4.99 Å². The Balaban J connectivity index is 1.84. The number of benzene rings is 1. The van der Waals surface area contributed by atoms with Gasteiger partial charge in [-0.2, -0.15) is 0 Å². The molecular weight excluding hydrogens is 348 g/mol. The molecule has 0 atom stereocenters. The molecule has 0 spiro atoms. The van der Waals surface area contributed by atoms with Crippen molar-refractivity contribution < 1.29 is 9.84 Å². The highest BCUT2D eigenvalue weighted by molar-refractivity contribution is 5.82. The van der Waals surface area contributed by atoms with Crippen LogP contribution in [0.4, 0.5) is 0 Å². The van der Waals surface area contributed by atoms with Gasteiger partial charge in [0.25, 0.3) is 5.56 Å². The zero-order valence-corrected chi connectivity index (χ0v) is 15.4. The molecule has 1 aromatic heterocycles. The summed E-state index contributed by atoms with van der Waals surface area (Å²) >= 11 is 0. The average Bonchev–Trinajstić information content (AvgIpc) is 2.68. The van der Waals surface area contributed by atoms with Crippen LogP contribution in [-0.4, -0.2) is 59.1 Å². The number of aromatic nitrogens is 2. The second-order valence-electron chi connectivity index (χ2n) is 6.47. The molecule has 1 aromatic carbocycles. The smallest absolute Gasteiger partial charge is 0.335 e. The van der Waals surface area contributed by atoms with E-state index in [2.05, 4.69) is 14.9 Å². The van der Waals surface area contributed by atoms with E-state index >= 15 is 0 Å². The summed E-state index contributed by atoms with van der Waals surface area (Å²) in [4.78, 5) is 33.1. The summed E-state index contributed by atoms with van der Waals surface area (Å²) in [7, 11) is 1.51. The van der Waals surface area contributed by atoms with Crippen LogP contribution >= 0.6 is 0 Å². The van der Waals surface area contributed by atoms with Gasteiger partial charge in [-0.05, 0) is 38.1 Å². The number of aromatic amines is 1. The Kier molecular flexibility index (Phi) is 6.08. The molecule has 0 saturated carbocycles. The maximum absolute atomic E-state index is 12.2. The van der Waals surface area contributed by atoms with E-state index in [1.165, 1.54) is 32.6 Å². The molecule has 1 aliphatic heterocycles. The predicted molar refractivity (Wildman–Crippen MR) is 104 cm³/mol. The lowest BCUT2D eigenvalue weighted by Gasteiger charge is -2.25. The molecule has 2 heterocycles. The second kappa shape index (κ2) is 8.68. The Labute approximate surface area is 156 Å². The Morgan fingerprint density at radius 3 is 2.78 bits per heavy atom. The molecule has 0 unspecified atom stereocenters. The summed E-state index contributed by atoms with van der Waals surface area (Å²) in [5, 5.41) is 10.5. The van der Waals surface area contributed by atoms with Crippen LogP contribution in [0.1, 0.15) is 24.8 Å². The lowest BCUT2D eigenvalue weighted by molar-refractivity contribution is 0.235. The standard InChI is InChI=1S/C19H24N4O4/c1-27-15-7-5-6-14(12-15)23-18(25)16(17(24)21-19(23)26)13-20-8-11-22-9-3-2-4-10-22/h5-7,12-13,25H,2-4,8-11H2,1H3,(H,21,24,26). The lowest BCUT2D eigenvalue weighted by atomic mass is 10.1. The van der Waals surface area contributed by atoms with E-state index in [0.717, 1.165) is 24.2 Å². The van der Waals surface area contributed by atoms with E-state index in [-0.39, 0.29) is 5.56 Å². The predicted octanol–water partition coefficient (Wildman–Crippen LogP) is 1.14. The molecule has 8 nitrogen and oxygen atoms in total. The first kappa shape index (κ1) is 18.9. The van der Waals surface area contributed by atoms with E-state index in [4.69, 9.17) is 4.74 Å². The number of methoxy groups -OCH3 is 1. The van der Waals surface area contributed by atoms with Crippen LogP contribution in [-0.2, 0) is 0 Å². The lowest BCUT2D eigenvalue weighted by Crippen LogP contribution is -2.32. The summed E-state index contributed by atoms with van der Waals surface area (Å²) in [5.74, 6) is 0.0838. The normalized spacial score (nSPS) is 15.3. The van der Waals surface area contributed by atoms with E-state index < -0.39 is 17.1 Å². The van der Waals surface area contributed by atoms with Gasteiger partial charge in [0.05, 0.1) is 19.3 Å². The number of rotatable bonds is 6. The number of aliphatic imine (C=N–C) groups is 1. The maximum Gasteiger partial charge on any atom is 0.335 e. The molecule has 1 aliphatic rings. The fourth-order valence-electron chi connectivity index (χ4n) is 3.18. The fourth-order valence-corrected chi connectivity index (χ4v) is 3.18. The highest BCUT2D eigenvalue weighted by Crippen LogP contribution is 2.19. The van der Waals surface area contributed by atoms with Crippen molar-refractivity contribution in [2.75, 3.05) is 33.3 Å². The Bertz CT molecular complexity index is 926. The maximum atomic E-state index is 12.2. The topological polar surface area (TPSA) is 99.9 Å². The molecule has 1 fully saturated rings. The quantitative estimate of drug-likeness (QED) is 0.741. The number of aromatic hydroxyl groups is 1. The summed E-state index contributed by atoms with van der Waals surface area (Å²) in [6.07, 6.45) is 5.01. The molecule has 8 heteroatoms. The number of nitrogens with zero attached hydrogens (tertiary/aromatic N) is 3. The fraction of sp³-hybridized carbons (Fsp3) is 0.421. The molecule has 1 saturated heterocycles. The van der Waals surface area contributed by atoms with Crippen LogP contribution < -0.4 is 16.0 Å². The van der Waals surface area contributed by atoms with Crippen molar-refractivity contribution in [3.05, 3.63) is 50.7 Å². The third-order valence-corrected chi connectivity index (χ3v) is 4.65. The molecule has 0 radical (unpaired) electrons. The number of likely N-dealkylation sites (tertiary alicyclic amines) is 1. The molecule has 0 bridgehead atoms. The van der Waals surface area contributed by atoms with Crippen LogP contribution in [0.3, 0.4) is 0 Å². The summed E-state index contributed by atoms with van der Waals surface area (Å²) in [6, 6.07) is 6.65. The van der Waals surface area contributed by atoms with Crippen molar-refractivity contribution in [3.63, 3.8) is 0 Å². The van der Waals surface area contributed by atoms with Gasteiger partial charge in [-0.25, -0.2) is 9.36 Å². The third kappa shape index (κ3) is 4.46. The van der Waals surface area contributed by atoms with Crippen molar-refractivity contribution in [2.45, 2.75) is 19.3 Å². The largest absolute Gasteiger partial charge is 0.497 e. The first-order chi connectivity index (χ1) is 13.1. The second-order valence-corrected chi connectivity index (χ2v) is 6.47. The molecule has 0 amide bonds. The van der Waals surface area contributed by atoms with Crippen LogP contribution in [0.15, 0.2) is 38.8 Å². The van der Waals surface area contributed by atoms with Crippen molar-refractivity contribution >= 4 is 6.21 Å².